The second kappa shape index (κ2) is 3.40. The van der Waals surface area contributed by atoms with Gasteiger partial charge in [0.2, 0.25) is 0 Å². The molecule has 3 heteroatoms. The number of nitrogens with two attached hydrogens (primary N) is 1. The molecular weight excluding hydrogens is 180 g/mol. The van der Waals surface area contributed by atoms with Gasteiger partial charge in [0.1, 0.15) is 0 Å². The van der Waals surface area contributed by atoms with Crippen LogP contribution in [-0.4, -0.2) is 24.5 Å². The van der Waals surface area contributed by atoms with Crippen LogP contribution in [0.1, 0.15) is 22.2 Å². The van der Waals surface area contributed by atoms with Crippen molar-refractivity contribution in [2.24, 2.45) is 5.73 Å². The summed E-state index contributed by atoms with van der Waals surface area (Å²) in [6.07, 6.45) is 1.12. The second-order valence-electron chi connectivity index (χ2n) is 3.83. The van der Waals surface area contributed by atoms with E-state index in [1.165, 1.54) is 9.75 Å². The smallest absolute Gasteiger partial charge is 0.0591 e. The zero-order valence-electron chi connectivity index (χ0n) is 8.16. The minimum Gasteiger partial charge on any atom is -0.326 e. The molecule has 0 spiro atoms. The molecule has 2 atom stereocenters. The van der Waals surface area contributed by atoms with Gasteiger partial charge < -0.3 is 5.73 Å². The summed E-state index contributed by atoms with van der Waals surface area (Å²) in [5.74, 6) is 0. The van der Waals surface area contributed by atoms with Crippen LogP contribution in [0, 0.1) is 6.92 Å². The maximum Gasteiger partial charge on any atom is 0.0591 e. The number of likely N-dealkylation sites (N-methyl/N-ethyl adjacent to an activating group) is 1. The molecule has 0 amide bonds. The number of rotatable bonds is 1. The summed E-state index contributed by atoms with van der Waals surface area (Å²) in [6.45, 7) is 3.28. The SMILES string of the molecule is Cc1ccc(C2C(N)CCN2C)s1. The van der Waals surface area contributed by atoms with E-state index in [4.69, 9.17) is 5.73 Å². The fourth-order valence-corrected chi connectivity index (χ4v) is 3.14. The number of likely N-dealkylation sites (tertiary alicyclic amines) is 1. The summed E-state index contributed by atoms with van der Waals surface area (Å²) < 4.78 is 0. The second-order valence-corrected chi connectivity index (χ2v) is 5.15. The molecule has 0 saturated carbocycles. The van der Waals surface area contributed by atoms with Gasteiger partial charge in [-0.05, 0) is 32.5 Å². The minimum atomic E-state index is 0.322. The molecule has 0 aromatic carbocycles. The zero-order valence-corrected chi connectivity index (χ0v) is 8.97. The van der Waals surface area contributed by atoms with Crippen LogP contribution in [0.5, 0.6) is 0 Å². The monoisotopic (exact) mass is 196 g/mol. The predicted molar refractivity (Wildman–Crippen MR) is 57.0 cm³/mol. The summed E-state index contributed by atoms with van der Waals surface area (Å²) in [5, 5.41) is 0. The lowest BCUT2D eigenvalue weighted by Gasteiger charge is -2.21. The van der Waals surface area contributed by atoms with Crippen LogP contribution in [0.15, 0.2) is 12.1 Å². The highest BCUT2D eigenvalue weighted by Gasteiger charge is 2.30. The Morgan fingerprint density at radius 1 is 1.54 bits per heavy atom. The van der Waals surface area contributed by atoms with Crippen LogP contribution < -0.4 is 5.73 Å². The van der Waals surface area contributed by atoms with E-state index in [0.29, 0.717) is 12.1 Å². The van der Waals surface area contributed by atoms with Gasteiger partial charge in [-0.25, -0.2) is 0 Å². The molecule has 2 heterocycles. The van der Waals surface area contributed by atoms with Crippen molar-refractivity contribution in [3.8, 4) is 0 Å². The van der Waals surface area contributed by atoms with Gasteiger partial charge in [-0.1, -0.05) is 0 Å². The molecular formula is C10H16N2S. The molecule has 0 bridgehead atoms. The Hall–Kier alpha value is -0.380. The van der Waals surface area contributed by atoms with Crippen molar-refractivity contribution in [2.75, 3.05) is 13.6 Å². The van der Waals surface area contributed by atoms with Crippen molar-refractivity contribution in [1.82, 2.24) is 4.90 Å². The summed E-state index contributed by atoms with van der Waals surface area (Å²) in [7, 11) is 2.16. The predicted octanol–water partition coefficient (Wildman–Crippen LogP) is 1.76. The van der Waals surface area contributed by atoms with E-state index in [9.17, 15) is 0 Å². The van der Waals surface area contributed by atoms with E-state index in [1.54, 1.807) is 0 Å². The first-order valence-corrected chi connectivity index (χ1v) is 5.52. The molecule has 13 heavy (non-hydrogen) atoms. The molecule has 1 fully saturated rings. The summed E-state index contributed by atoms with van der Waals surface area (Å²) in [6, 6.07) is 5.17. The number of thiophene rings is 1. The van der Waals surface area contributed by atoms with E-state index >= 15 is 0 Å². The van der Waals surface area contributed by atoms with Gasteiger partial charge in [0.25, 0.3) is 0 Å². The number of hydrogen-bond donors (Lipinski definition) is 1. The normalized spacial score (nSPS) is 29.8. The van der Waals surface area contributed by atoms with Gasteiger partial charge in [0, 0.05) is 22.3 Å². The Labute approximate surface area is 83.4 Å². The number of nitrogens with zero attached hydrogens (tertiary/aromatic N) is 1. The molecule has 0 aliphatic carbocycles. The van der Waals surface area contributed by atoms with Gasteiger partial charge in [0.05, 0.1) is 6.04 Å². The van der Waals surface area contributed by atoms with Crippen LogP contribution in [0.4, 0.5) is 0 Å². The van der Waals surface area contributed by atoms with Crippen molar-refractivity contribution in [1.29, 1.82) is 0 Å². The van der Waals surface area contributed by atoms with E-state index in [0.717, 1.165) is 13.0 Å². The maximum atomic E-state index is 6.08. The molecule has 1 aromatic heterocycles. The topological polar surface area (TPSA) is 29.3 Å². The Bertz CT molecular complexity index is 285. The Morgan fingerprint density at radius 2 is 2.31 bits per heavy atom. The van der Waals surface area contributed by atoms with Crippen molar-refractivity contribution < 1.29 is 0 Å². The zero-order chi connectivity index (χ0) is 9.42. The van der Waals surface area contributed by atoms with Gasteiger partial charge in [0.15, 0.2) is 0 Å². The van der Waals surface area contributed by atoms with Crippen LogP contribution in [-0.2, 0) is 0 Å². The maximum absolute atomic E-state index is 6.08. The van der Waals surface area contributed by atoms with Crippen LogP contribution in [0.3, 0.4) is 0 Å². The lowest BCUT2D eigenvalue weighted by Crippen LogP contribution is -2.28. The van der Waals surface area contributed by atoms with Gasteiger partial charge in [-0.3, -0.25) is 4.90 Å². The average molecular weight is 196 g/mol. The molecule has 2 rings (SSSR count). The first-order valence-electron chi connectivity index (χ1n) is 4.70. The summed E-state index contributed by atoms with van der Waals surface area (Å²) >= 11 is 1.87. The van der Waals surface area contributed by atoms with Gasteiger partial charge in [-0.15, -0.1) is 11.3 Å². The first-order chi connectivity index (χ1) is 6.18. The Kier molecular flexibility index (Phi) is 2.41. The van der Waals surface area contributed by atoms with E-state index in [-0.39, 0.29) is 0 Å². The third kappa shape index (κ3) is 1.64. The van der Waals surface area contributed by atoms with Crippen molar-refractivity contribution >= 4 is 11.3 Å². The number of aryl methyl sites for hydroxylation is 1. The molecule has 2 unspecified atom stereocenters. The number of hydrogen-bond acceptors (Lipinski definition) is 3. The molecule has 72 valence electrons. The third-order valence-electron chi connectivity index (χ3n) is 2.75. The highest BCUT2D eigenvalue weighted by Crippen LogP contribution is 2.33. The molecule has 2 N–H and O–H groups in total. The molecule has 1 aromatic rings. The average Bonchev–Trinajstić information content (AvgIpc) is 2.60. The van der Waals surface area contributed by atoms with Crippen LogP contribution >= 0.6 is 11.3 Å². The third-order valence-corrected chi connectivity index (χ3v) is 3.82. The van der Waals surface area contributed by atoms with E-state index in [1.807, 2.05) is 11.3 Å². The van der Waals surface area contributed by atoms with Crippen molar-refractivity contribution in [2.45, 2.75) is 25.4 Å². The van der Waals surface area contributed by atoms with E-state index in [2.05, 4.69) is 31.0 Å². The van der Waals surface area contributed by atoms with Crippen LogP contribution in [0.2, 0.25) is 0 Å². The first kappa shape index (κ1) is 9.19. The van der Waals surface area contributed by atoms with Crippen molar-refractivity contribution in [3.63, 3.8) is 0 Å². The lowest BCUT2D eigenvalue weighted by atomic mass is 10.1. The molecule has 1 saturated heterocycles. The Balaban J connectivity index is 2.24. The van der Waals surface area contributed by atoms with Crippen LogP contribution in [0.25, 0.3) is 0 Å². The fraction of sp³-hybridized carbons (Fsp3) is 0.600. The molecule has 2 nitrogen and oxygen atoms in total. The minimum absolute atomic E-state index is 0.322. The lowest BCUT2D eigenvalue weighted by molar-refractivity contribution is 0.308. The highest BCUT2D eigenvalue weighted by atomic mass is 32.1. The molecule has 1 aliphatic heterocycles. The largest absolute Gasteiger partial charge is 0.326 e. The highest BCUT2D eigenvalue weighted by molar-refractivity contribution is 7.12. The fourth-order valence-electron chi connectivity index (χ4n) is 2.02. The molecule has 1 aliphatic rings. The standard InChI is InChI=1S/C10H16N2S/c1-7-3-4-9(13-7)10-8(11)5-6-12(10)2/h3-4,8,10H,5-6,11H2,1-2H3. The van der Waals surface area contributed by atoms with Gasteiger partial charge >= 0.3 is 0 Å². The summed E-state index contributed by atoms with van der Waals surface area (Å²) in [4.78, 5) is 5.16. The summed E-state index contributed by atoms with van der Waals surface area (Å²) in [5.41, 5.74) is 6.08. The Morgan fingerprint density at radius 3 is 2.77 bits per heavy atom. The quantitative estimate of drug-likeness (QED) is 0.741. The van der Waals surface area contributed by atoms with Crippen molar-refractivity contribution in [3.05, 3.63) is 21.9 Å². The van der Waals surface area contributed by atoms with E-state index < -0.39 is 0 Å². The van der Waals surface area contributed by atoms with Gasteiger partial charge in [-0.2, -0.15) is 0 Å². The molecule has 0 radical (unpaired) electrons.